The van der Waals surface area contributed by atoms with Gasteiger partial charge in [0.05, 0.1) is 5.69 Å². The molecule has 1 aliphatic carbocycles. The molecular weight excluding hydrogens is 316 g/mol. The van der Waals surface area contributed by atoms with Gasteiger partial charge in [-0.2, -0.15) is 12.6 Å². The number of fused-ring (bicyclic) bond motifs is 1. The first-order valence-electron chi connectivity index (χ1n) is 8.59. The van der Waals surface area contributed by atoms with Crippen LogP contribution in [0.15, 0.2) is 12.8 Å². The van der Waals surface area contributed by atoms with Crippen molar-refractivity contribution in [1.29, 1.82) is 0 Å². The molecule has 1 fully saturated rings. The normalized spacial score (nSPS) is 30.2. The highest BCUT2D eigenvalue weighted by atomic mass is 32.1. The summed E-state index contributed by atoms with van der Waals surface area (Å²) in [6.45, 7) is 15.4. The number of thiol groups is 1. The van der Waals surface area contributed by atoms with Crippen LogP contribution >= 0.6 is 12.6 Å². The van der Waals surface area contributed by atoms with E-state index < -0.39 is 0 Å². The number of nitrogens with two attached hydrogens (primary N) is 1. The number of allylic oxidation sites excluding steroid dienone is 1. The molecule has 0 spiro atoms. The summed E-state index contributed by atoms with van der Waals surface area (Å²) in [4.78, 5) is 9.33. The lowest BCUT2D eigenvalue weighted by atomic mass is 9.87. The summed E-state index contributed by atoms with van der Waals surface area (Å²) < 4.78 is 2.33. The Kier molecular flexibility index (Phi) is 4.29. The summed E-state index contributed by atoms with van der Waals surface area (Å²) in [6.07, 6.45) is 3.22. The molecule has 130 valence electrons. The summed E-state index contributed by atoms with van der Waals surface area (Å²) >= 11 is 4.90. The van der Waals surface area contributed by atoms with Crippen LogP contribution in [0.1, 0.15) is 50.3 Å². The molecule has 4 nitrogen and oxygen atoms in total. The Bertz CT molecular complexity index is 809. The Morgan fingerprint density at radius 2 is 2.12 bits per heavy atom. The van der Waals surface area contributed by atoms with Crippen LogP contribution in [0.2, 0.25) is 0 Å². The Labute approximate surface area is 150 Å². The monoisotopic (exact) mass is 344 g/mol. The second kappa shape index (κ2) is 5.88. The average molecular weight is 345 g/mol. The summed E-state index contributed by atoms with van der Waals surface area (Å²) in [5.74, 6) is 1.23. The molecular formula is C19H28N4S. The number of nitrogens with zero attached hydrogens (tertiary/aromatic N) is 3. The lowest BCUT2D eigenvalue weighted by Crippen LogP contribution is -2.33. The van der Waals surface area contributed by atoms with Crippen molar-refractivity contribution >= 4 is 29.2 Å². The van der Waals surface area contributed by atoms with Crippen molar-refractivity contribution in [1.82, 2.24) is 14.5 Å². The average Bonchev–Trinajstić information content (AvgIpc) is 2.99. The van der Waals surface area contributed by atoms with Gasteiger partial charge < -0.3 is 10.3 Å². The van der Waals surface area contributed by atoms with Gasteiger partial charge in [-0.15, -0.1) is 0 Å². The second-order valence-electron chi connectivity index (χ2n) is 7.72. The van der Waals surface area contributed by atoms with Crippen molar-refractivity contribution in [3.8, 4) is 0 Å². The van der Waals surface area contributed by atoms with E-state index in [1.807, 2.05) is 13.8 Å². The van der Waals surface area contributed by atoms with Crippen LogP contribution in [0.3, 0.4) is 0 Å². The molecule has 2 N–H and O–H groups in total. The van der Waals surface area contributed by atoms with E-state index in [0.717, 1.165) is 40.1 Å². The highest BCUT2D eigenvalue weighted by Crippen LogP contribution is 2.51. The molecule has 0 saturated heterocycles. The molecule has 1 aliphatic rings. The SMILES string of the molecule is C=C(C)c1cn(C2CC(C)(CN)C(S)C2C)c2nc(C)nc(C)c12. The fraction of sp³-hybridized carbons (Fsp3) is 0.579. The van der Waals surface area contributed by atoms with Gasteiger partial charge in [0.15, 0.2) is 0 Å². The van der Waals surface area contributed by atoms with Crippen molar-refractivity contribution in [2.24, 2.45) is 17.1 Å². The summed E-state index contributed by atoms with van der Waals surface area (Å²) in [5, 5.41) is 1.40. The number of aromatic nitrogens is 3. The molecule has 3 rings (SSSR count). The van der Waals surface area contributed by atoms with Crippen molar-refractivity contribution in [2.75, 3.05) is 6.54 Å². The van der Waals surface area contributed by atoms with Gasteiger partial charge in [0.1, 0.15) is 11.5 Å². The van der Waals surface area contributed by atoms with Crippen LogP contribution < -0.4 is 5.73 Å². The van der Waals surface area contributed by atoms with Gasteiger partial charge in [0.25, 0.3) is 0 Å². The molecule has 4 atom stereocenters. The zero-order valence-corrected chi connectivity index (χ0v) is 16.2. The molecule has 5 heteroatoms. The van der Waals surface area contributed by atoms with Crippen LogP contribution in [-0.4, -0.2) is 26.3 Å². The molecule has 1 saturated carbocycles. The highest BCUT2D eigenvalue weighted by Gasteiger charge is 2.47. The largest absolute Gasteiger partial charge is 0.330 e. The Morgan fingerprint density at radius 1 is 1.46 bits per heavy atom. The van der Waals surface area contributed by atoms with Crippen molar-refractivity contribution in [3.05, 3.63) is 29.9 Å². The number of hydrogen-bond acceptors (Lipinski definition) is 4. The van der Waals surface area contributed by atoms with E-state index in [1.165, 1.54) is 0 Å². The molecule has 2 aromatic rings. The zero-order chi connectivity index (χ0) is 17.8. The van der Waals surface area contributed by atoms with E-state index in [0.29, 0.717) is 18.5 Å². The topological polar surface area (TPSA) is 56.7 Å². The molecule has 0 aromatic carbocycles. The summed E-state index contributed by atoms with van der Waals surface area (Å²) in [5.41, 5.74) is 10.3. The minimum Gasteiger partial charge on any atom is -0.330 e. The van der Waals surface area contributed by atoms with Gasteiger partial charge in [-0.25, -0.2) is 9.97 Å². The van der Waals surface area contributed by atoms with Crippen LogP contribution in [0.4, 0.5) is 0 Å². The van der Waals surface area contributed by atoms with Gasteiger partial charge in [-0.3, -0.25) is 0 Å². The minimum atomic E-state index is 0.0459. The number of hydrogen-bond donors (Lipinski definition) is 2. The smallest absolute Gasteiger partial charge is 0.144 e. The Morgan fingerprint density at radius 3 is 2.67 bits per heavy atom. The highest BCUT2D eigenvalue weighted by molar-refractivity contribution is 7.81. The number of rotatable bonds is 3. The maximum absolute atomic E-state index is 6.08. The van der Waals surface area contributed by atoms with Crippen molar-refractivity contribution in [2.45, 2.75) is 52.3 Å². The van der Waals surface area contributed by atoms with E-state index >= 15 is 0 Å². The molecule has 0 radical (unpaired) electrons. The fourth-order valence-corrected chi connectivity index (χ4v) is 4.63. The van der Waals surface area contributed by atoms with E-state index in [9.17, 15) is 0 Å². The third-order valence-corrected chi connectivity index (χ3v) is 6.84. The van der Waals surface area contributed by atoms with Crippen LogP contribution in [-0.2, 0) is 0 Å². The standard InChI is InChI=1S/C19H28N4S/c1-10(2)14-8-23(18-16(14)12(4)21-13(5)22-18)15-7-19(6,9-20)17(24)11(15)3/h8,11,15,17,24H,1,7,9,20H2,2-6H3. The van der Waals surface area contributed by atoms with Crippen molar-refractivity contribution < 1.29 is 0 Å². The van der Waals surface area contributed by atoms with Crippen LogP contribution in [0.5, 0.6) is 0 Å². The van der Waals surface area contributed by atoms with E-state index in [-0.39, 0.29) is 10.7 Å². The van der Waals surface area contributed by atoms with Gasteiger partial charge in [0.2, 0.25) is 0 Å². The van der Waals surface area contributed by atoms with E-state index in [1.54, 1.807) is 0 Å². The first-order valence-corrected chi connectivity index (χ1v) is 9.11. The van der Waals surface area contributed by atoms with Crippen LogP contribution in [0, 0.1) is 25.2 Å². The van der Waals surface area contributed by atoms with Gasteiger partial charge in [-0.1, -0.05) is 20.4 Å². The lowest BCUT2D eigenvalue weighted by molar-refractivity contribution is 0.340. The third-order valence-electron chi connectivity index (χ3n) is 5.74. The molecule has 0 amide bonds. The first kappa shape index (κ1) is 17.5. The molecule has 24 heavy (non-hydrogen) atoms. The Hall–Kier alpha value is -1.33. The van der Waals surface area contributed by atoms with E-state index in [4.69, 9.17) is 23.3 Å². The van der Waals surface area contributed by atoms with Gasteiger partial charge >= 0.3 is 0 Å². The maximum Gasteiger partial charge on any atom is 0.144 e. The lowest BCUT2D eigenvalue weighted by Gasteiger charge is -2.27. The predicted molar refractivity (Wildman–Crippen MR) is 104 cm³/mol. The fourth-order valence-electron chi connectivity index (χ4n) is 4.22. The molecule has 0 bridgehead atoms. The van der Waals surface area contributed by atoms with Crippen molar-refractivity contribution in [3.63, 3.8) is 0 Å². The minimum absolute atomic E-state index is 0.0459. The molecule has 0 aliphatic heterocycles. The molecule has 2 heterocycles. The summed E-state index contributed by atoms with van der Waals surface area (Å²) in [7, 11) is 0. The van der Waals surface area contributed by atoms with Crippen LogP contribution in [0.25, 0.3) is 16.6 Å². The molecule has 4 unspecified atom stereocenters. The first-order chi connectivity index (χ1) is 11.2. The van der Waals surface area contributed by atoms with Gasteiger partial charge in [0, 0.05) is 28.4 Å². The molecule has 2 aromatic heterocycles. The second-order valence-corrected chi connectivity index (χ2v) is 8.28. The predicted octanol–water partition coefficient (Wildman–Crippen LogP) is 3.93. The quantitative estimate of drug-likeness (QED) is 0.830. The van der Waals surface area contributed by atoms with Gasteiger partial charge in [-0.05, 0) is 50.6 Å². The van der Waals surface area contributed by atoms with E-state index in [2.05, 4.69) is 43.1 Å². The summed E-state index contributed by atoms with van der Waals surface area (Å²) in [6, 6.07) is 0.338. The zero-order valence-electron chi connectivity index (χ0n) is 15.3. The Balaban J connectivity index is 2.22. The third kappa shape index (κ3) is 2.49. The maximum atomic E-state index is 6.08. The number of aryl methyl sites for hydroxylation is 2.